The first kappa shape index (κ1) is 19.6. The molecule has 0 aliphatic heterocycles. The molecule has 0 atom stereocenters. The Labute approximate surface area is 167 Å². The summed E-state index contributed by atoms with van der Waals surface area (Å²) in [6.45, 7) is 4.25. The third-order valence-electron chi connectivity index (χ3n) is 4.12. The molecule has 1 fully saturated rings. The summed E-state index contributed by atoms with van der Waals surface area (Å²) in [6.07, 6.45) is 2.26. The van der Waals surface area contributed by atoms with Gasteiger partial charge in [0.2, 0.25) is 5.91 Å². The predicted molar refractivity (Wildman–Crippen MR) is 109 cm³/mol. The lowest BCUT2D eigenvalue weighted by Crippen LogP contribution is -2.38. The van der Waals surface area contributed by atoms with E-state index in [1.54, 1.807) is 16.3 Å². The monoisotopic (exact) mass is 406 g/mol. The second-order valence-electron chi connectivity index (χ2n) is 6.84. The van der Waals surface area contributed by atoms with Crippen LogP contribution in [0.15, 0.2) is 29.6 Å². The summed E-state index contributed by atoms with van der Waals surface area (Å²) >= 11 is 7.51. The van der Waals surface area contributed by atoms with E-state index in [9.17, 15) is 9.59 Å². The van der Waals surface area contributed by atoms with Crippen molar-refractivity contribution < 1.29 is 9.59 Å². The minimum Gasteiger partial charge on any atom is -0.354 e. The molecule has 1 heterocycles. The lowest BCUT2D eigenvalue weighted by Gasteiger charge is -2.21. The Morgan fingerprint density at radius 1 is 1.33 bits per heavy atom. The Morgan fingerprint density at radius 2 is 2.07 bits per heavy atom. The Bertz CT molecular complexity index is 820. The van der Waals surface area contributed by atoms with E-state index in [-0.39, 0.29) is 23.9 Å². The first-order valence-corrected chi connectivity index (χ1v) is 10.3. The fourth-order valence-electron chi connectivity index (χ4n) is 2.71. The second kappa shape index (κ2) is 8.71. The van der Waals surface area contributed by atoms with Gasteiger partial charge in [0.15, 0.2) is 5.13 Å². The number of rotatable bonds is 8. The first-order chi connectivity index (χ1) is 12.9. The standard InChI is InChI=1S/C19H23ClN4O2S/c1-12(2)21-17(25)9-10-24(13-7-8-13)18(26)16-11-27-19(23-16)22-15-6-4-3-5-14(15)20/h3-6,11-13H,7-10H2,1-2H3,(H,21,25)(H,22,23). The zero-order chi connectivity index (χ0) is 19.4. The number of benzene rings is 1. The molecule has 2 aromatic rings. The maximum absolute atomic E-state index is 12.9. The van der Waals surface area contributed by atoms with Gasteiger partial charge < -0.3 is 15.5 Å². The van der Waals surface area contributed by atoms with Crippen molar-refractivity contribution in [2.24, 2.45) is 0 Å². The number of nitrogens with zero attached hydrogens (tertiary/aromatic N) is 2. The molecule has 0 spiro atoms. The van der Waals surface area contributed by atoms with Gasteiger partial charge in [0.25, 0.3) is 5.91 Å². The van der Waals surface area contributed by atoms with E-state index in [1.165, 1.54) is 11.3 Å². The second-order valence-corrected chi connectivity index (χ2v) is 8.11. The van der Waals surface area contributed by atoms with Gasteiger partial charge in [-0.05, 0) is 38.8 Å². The first-order valence-electron chi connectivity index (χ1n) is 9.01. The Balaban J connectivity index is 1.64. The van der Waals surface area contributed by atoms with E-state index in [0.717, 1.165) is 18.5 Å². The van der Waals surface area contributed by atoms with Crippen LogP contribution in [0.1, 0.15) is 43.6 Å². The van der Waals surface area contributed by atoms with Crippen LogP contribution in [0.25, 0.3) is 0 Å². The molecular weight excluding hydrogens is 384 g/mol. The Hall–Kier alpha value is -2.12. The summed E-state index contributed by atoms with van der Waals surface area (Å²) < 4.78 is 0. The van der Waals surface area contributed by atoms with Gasteiger partial charge in [-0.1, -0.05) is 23.7 Å². The maximum Gasteiger partial charge on any atom is 0.273 e. The molecule has 144 valence electrons. The van der Waals surface area contributed by atoms with Crippen molar-refractivity contribution >= 4 is 45.6 Å². The number of nitrogens with one attached hydrogen (secondary N) is 2. The van der Waals surface area contributed by atoms with E-state index in [2.05, 4.69) is 15.6 Å². The largest absolute Gasteiger partial charge is 0.354 e. The van der Waals surface area contributed by atoms with Crippen molar-refractivity contribution in [3.8, 4) is 0 Å². The van der Waals surface area contributed by atoms with Crippen LogP contribution in [0.4, 0.5) is 10.8 Å². The third kappa shape index (κ3) is 5.43. The molecule has 0 saturated heterocycles. The van der Waals surface area contributed by atoms with Crippen molar-refractivity contribution in [3.05, 3.63) is 40.4 Å². The van der Waals surface area contributed by atoms with E-state index in [1.807, 2.05) is 32.0 Å². The smallest absolute Gasteiger partial charge is 0.273 e. The molecule has 0 bridgehead atoms. The SMILES string of the molecule is CC(C)NC(=O)CCN(C(=O)c1csc(Nc2ccccc2Cl)n1)C1CC1. The average Bonchev–Trinajstić information content (AvgIpc) is 3.34. The molecule has 2 amide bonds. The van der Waals surface area contributed by atoms with Gasteiger partial charge in [-0.15, -0.1) is 11.3 Å². The highest BCUT2D eigenvalue weighted by Gasteiger charge is 2.34. The molecule has 6 nitrogen and oxygen atoms in total. The average molecular weight is 407 g/mol. The zero-order valence-corrected chi connectivity index (χ0v) is 16.9. The molecule has 1 saturated carbocycles. The lowest BCUT2D eigenvalue weighted by molar-refractivity contribution is -0.121. The number of halogens is 1. The molecule has 27 heavy (non-hydrogen) atoms. The summed E-state index contributed by atoms with van der Waals surface area (Å²) in [5, 5.41) is 8.95. The van der Waals surface area contributed by atoms with Crippen LogP contribution in [0, 0.1) is 0 Å². The van der Waals surface area contributed by atoms with E-state index >= 15 is 0 Å². The van der Waals surface area contributed by atoms with Crippen molar-refractivity contribution in [3.63, 3.8) is 0 Å². The summed E-state index contributed by atoms with van der Waals surface area (Å²) in [5.74, 6) is -0.166. The van der Waals surface area contributed by atoms with E-state index < -0.39 is 0 Å². The summed E-state index contributed by atoms with van der Waals surface area (Å²) in [6, 6.07) is 7.69. The third-order valence-corrected chi connectivity index (χ3v) is 5.20. The molecule has 1 aromatic carbocycles. The number of carbonyl (C=O) groups is 2. The predicted octanol–water partition coefficient (Wildman–Crippen LogP) is 4.06. The highest BCUT2D eigenvalue weighted by Crippen LogP contribution is 2.30. The molecule has 1 aliphatic rings. The number of para-hydroxylation sites is 1. The fraction of sp³-hybridized carbons (Fsp3) is 0.421. The van der Waals surface area contributed by atoms with E-state index in [0.29, 0.717) is 28.8 Å². The molecule has 2 N–H and O–H groups in total. The molecule has 1 aromatic heterocycles. The number of aromatic nitrogens is 1. The zero-order valence-electron chi connectivity index (χ0n) is 15.4. The lowest BCUT2D eigenvalue weighted by atomic mass is 10.3. The van der Waals surface area contributed by atoms with Crippen molar-refractivity contribution in [1.82, 2.24) is 15.2 Å². The minimum absolute atomic E-state index is 0.0391. The number of hydrogen-bond donors (Lipinski definition) is 2. The summed E-state index contributed by atoms with van der Waals surface area (Å²) in [5.41, 5.74) is 1.14. The number of carbonyl (C=O) groups excluding carboxylic acids is 2. The molecular formula is C19H23ClN4O2S. The van der Waals surface area contributed by atoms with Crippen LogP contribution >= 0.6 is 22.9 Å². The van der Waals surface area contributed by atoms with Crippen LogP contribution in [-0.4, -0.2) is 40.3 Å². The Morgan fingerprint density at radius 3 is 2.74 bits per heavy atom. The highest BCUT2D eigenvalue weighted by atomic mass is 35.5. The van der Waals surface area contributed by atoms with Crippen molar-refractivity contribution in [2.45, 2.75) is 45.2 Å². The van der Waals surface area contributed by atoms with Crippen LogP contribution in [0.5, 0.6) is 0 Å². The number of amides is 2. The van der Waals surface area contributed by atoms with Gasteiger partial charge in [-0.25, -0.2) is 4.98 Å². The normalized spacial score (nSPS) is 13.5. The van der Waals surface area contributed by atoms with Crippen molar-refractivity contribution in [1.29, 1.82) is 0 Å². The van der Waals surface area contributed by atoms with Gasteiger partial charge in [-0.3, -0.25) is 9.59 Å². The van der Waals surface area contributed by atoms with Crippen LogP contribution < -0.4 is 10.6 Å². The number of anilines is 2. The highest BCUT2D eigenvalue weighted by molar-refractivity contribution is 7.14. The molecule has 8 heteroatoms. The topological polar surface area (TPSA) is 74.3 Å². The molecule has 0 radical (unpaired) electrons. The minimum atomic E-state index is -0.127. The molecule has 0 unspecified atom stereocenters. The molecule has 1 aliphatic carbocycles. The van der Waals surface area contributed by atoms with Gasteiger partial charge in [0, 0.05) is 30.4 Å². The van der Waals surface area contributed by atoms with Crippen LogP contribution in [-0.2, 0) is 4.79 Å². The maximum atomic E-state index is 12.9. The van der Waals surface area contributed by atoms with Crippen LogP contribution in [0.2, 0.25) is 5.02 Å². The number of hydrogen-bond acceptors (Lipinski definition) is 5. The Kier molecular flexibility index (Phi) is 6.34. The summed E-state index contributed by atoms with van der Waals surface area (Å²) in [7, 11) is 0. The van der Waals surface area contributed by atoms with Crippen molar-refractivity contribution in [2.75, 3.05) is 11.9 Å². The van der Waals surface area contributed by atoms with Crippen LogP contribution in [0.3, 0.4) is 0 Å². The molecule has 3 rings (SSSR count). The van der Waals surface area contributed by atoms with Gasteiger partial charge in [0.1, 0.15) is 5.69 Å². The van der Waals surface area contributed by atoms with E-state index in [4.69, 9.17) is 11.6 Å². The van der Waals surface area contributed by atoms with Gasteiger partial charge in [0.05, 0.1) is 10.7 Å². The van der Waals surface area contributed by atoms with Gasteiger partial charge >= 0.3 is 0 Å². The number of thiazole rings is 1. The fourth-order valence-corrected chi connectivity index (χ4v) is 3.59. The summed E-state index contributed by atoms with van der Waals surface area (Å²) in [4.78, 5) is 31.0. The quantitative estimate of drug-likeness (QED) is 0.693. The van der Waals surface area contributed by atoms with Gasteiger partial charge in [-0.2, -0.15) is 0 Å².